The number of hydrogen-bond acceptors (Lipinski definition) is 3. The number of rotatable bonds is 5. The number of ether oxygens (including phenoxy) is 1. The van der Waals surface area contributed by atoms with E-state index in [0.29, 0.717) is 11.4 Å². The number of benzene rings is 2. The molecule has 5 nitrogen and oxygen atoms in total. The lowest BCUT2D eigenvalue weighted by Gasteiger charge is -2.14. The molecule has 130 valence electrons. The van der Waals surface area contributed by atoms with E-state index in [2.05, 4.69) is 17.4 Å². The number of carbonyl (C=O) groups is 2. The normalized spacial score (nSPS) is 14.2. The Bertz CT molecular complexity index is 745. The molecule has 5 heteroatoms. The third-order valence-electron chi connectivity index (χ3n) is 4.48. The molecule has 0 heterocycles. The molecule has 0 saturated heterocycles. The summed E-state index contributed by atoms with van der Waals surface area (Å²) in [7, 11) is 0. The van der Waals surface area contributed by atoms with E-state index in [1.165, 1.54) is 11.1 Å². The Morgan fingerprint density at radius 3 is 2.36 bits per heavy atom. The highest BCUT2D eigenvalue weighted by molar-refractivity contribution is 5.92. The maximum Gasteiger partial charge on any atom is 0.341 e. The standard InChI is InChI=1S/C20H21NO4/c22-19(23)13-25-18-7-3-6-17(12-18)21-20(24)16-10-8-14-4-1-2-5-15(14)9-11-16/h1-7,12,16H,8-11,13H2,(H,21,24)(H,22,23). The summed E-state index contributed by atoms with van der Waals surface area (Å²) < 4.78 is 5.15. The molecule has 1 amide bonds. The van der Waals surface area contributed by atoms with Crippen LogP contribution in [0.25, 0.3) is 0 Å². The Labute approximate surface area is 146 Å². The minimum Gasteiger partial charge on any atom is -0.482 e. The van der Waals surface area contributed by atoms with Crippen molar-refractivity contribution in [2.45, 2.75) is 25.7 Å². The van der Waals surface area contributed by atoms with Crippen LogP contribution in [-0.2, 0) is 22.4 Å². The van der Waals surface area contributed by atoms with E-state index in [1.54, 1.807) is 24.3 Å². The Kier molecular flexibility index (Phi) is 5.33. The number of anilines is 1. The van der Waals surface area contributed by atoms with Gasteiger partial charge in [0.2, 0.25) is 5.91 Å². The number of aryl methyl sites for hydroxylation is 2. The highest BCUT2D eigenvalue weighted by Gasteiger charge is 2.22. The summed E-state index contributed by atoms with van der Waals surface area (Å²) >= 11 is 0. The van der Waals surface area contributed by atoms with Crippen molar-refractivity contribution in [3.63, 3.8) is 0 Å². The van der Waals surface area contributed by atoms with E-state index < -0.39 is 12.6 Å². The number of hydrogen-bond donors (Lipinski definition) is 2. The number of carboxylic acid groups (broad SMARTS) is 1. The van der Waals surface area contributed by atoms with Gasteiger partial charge in [0.15, 0.2) is 6.61 Å². The number of carboxylic acids is 1. The Morgan fingerprint density at radius 1 is 1.04 bits per heavy atom. The van der Waals surface area contributed by atoms with Crippen LogP contribution in [0.5, 0.6) is 5.75 Å². The summed E-state index contributed by atoms with van der Waals surface area (Å²) in [6, 6.07) is 15.2. The summed E-state index contributed by atoms with van der Waals surface area (Å²) in [5.41, 5.74) is 3.29. The minimum absolute atomic E-state index is 0.00295. The topological polar surface area (TPSA) is 75.6 Å². The molecule has 2 N–H and O–H groups in total. The molecule has 25 heavy (non-hydrogen) atoms. The van der Waals surface area contributed by atoms with Crippen molar-refractivity contribution >= 4 is 17.6 Å². The van der Waals surface area contributed by atoms with Gasteiger partial charge in [-0.1, -0.05) is 30.3 Å². The molecule has 1 aliphatic carbocycles. The average molecular weight is 339 g/mol. The van der Waals surface area contributed by atoms with Gasteiger partial charge >= 0.3 is 5.97 Å². The lowest BCUT2D eigenvalue weighted by molar-refractivity contribution is -0.139. The molecule has 1 aliphatic rings. The minimum atomic E-state index is -1.03. The lowest BCUT2D eigenvalue weighted by Crippen LogP contribution is -2.23. The zero-order chi connectivity index (χ0) is 17.6. The zero-order valence-corrected chi connectivity index (χ0v) is 13.9. The Hall–Kier alpha value is -2.82. The van der Waals surface area contributed by atoms with Gasteiger partial charge in [0.05, 0.1) is 0 Å². The molecule has 2 aromatic carbocycles. The first-order chi connectivity index (χ1) is 12.1. The van der Waals surface area contributed by atoms with Crippen LogP contribution in [0.15, 0.2) is 48.5 Å². The van der Waals surface area contributed by atoms with Crippen LogP contribution in [0.4, 0.5) is 5.69 Å². The molecule has 0 aromatic heterocycles. The van der Waals surface area contributed by atoms with E-state index in [4.69, 9.17) is 9.84 Å². The molecular weight excluding hydrogens is 318 g/mol. The summed E-state index contributed by atoms with van der Waals surface area (Å²) in [6.07, 6.45) is 3.49. The van der Waals surface area contributed by atoms with E-state index in [1.807, 2.05) is 12.1 Å². The van der Waals surface area contributed by atoms with Gasteiger partial charge in [-0.15, -0.1) is 0 Å². The molecule has 0 atom stereocenters. The van der Waals surface area contributed by atoms with Gasteiger partial charge in [0, 0.05) is 17.7 Å². The maximum atomic E-state index is 12.6. The monoisotopic (exact) mass is 339 g/mol. The molecule has 3 rings (SSSR count). The van der Waals surface area contributed by atoms with Gasteiger partial charge in [0.25, 0.3) is 0 Å². The van der Waals surface area contributed by atoms with E-state index >= 15 is 0 Å². The first-order valence-corrected chi connectivity index (χ1v) is 8.44. The van der Waals surface area contributed by atoms with Crippen molar-refractivity contribution in [3.8, 4) is 5.75 Å². The van der Waals surface area contributed by atoms with Crippen molar-refractivity contribution < 1.29 is 19.4 Å². The predicted octanol–water partition coefficient (Wildman–Crippen LogP) is 3.28. The summed E-state index contributed by atoms with van der Waals surface area (Å²) in [5, 5.41) is 11.6. The molecule has 2 aromatic rings. The molecular formula is C20H21NO4. The van der Waals surface area contributed by atoms with Gasteiger partial charge in [-0.2, -0.15) is 0 Å². The fraction of sp³-hybridized carbons (Fsp3) is 0.300. The quantitative estimate of drug-likeness (QED) is 0.820. The second-order valence-electron chi connectivity index (χ2n) is 6.24. The number of aliphatic carboxylic acids is 1. The van der Waals surface area contributed by atoms with Gasteiger partial charge in [-0.3, -0.25) is 4.79 Å². The third-order valence-corrected chi connectivity index (χ3v) is 4.48. The largest absolute Gasteiger partial charge is 0.482 e. The van der Waals surface area contributed by atoms with Crippen molar-refractivity contribution in [1.29, 1.82) is 0 Å². The Morgan fingerprint density at radius 2 is 1.72 bits per heavy atom. The number of fused-ring (bicyclic) bond motifs is 1. The average Bonchev–Trinajstić information content (AvgIpc) is 2.83. The molecule has 0 saturated carbocycles. The van der Waals surface area contributed by atoms with Crippen LogP contribution in [0.3, 0.4) is 0 Å². The van der Waals surface area contributed by atoms with Crippen molar-refractivity contribution in [3.05, 3.63) is 59.7 Å². The third kappa shape index (κ3) is 4.59. The first kappa shape index (κ1) is 17.0. The van der Waals surface area contributed by atoms with Gasteiger partial charge in [-0.05, 0) is 48.9 Å². The number of carbonyl (C=O) groups excluding carboxylic acids is 1. The highest BCUT2D eigenvalue weighted by Crippen LogP contribution is 2.26. The van der Waals surface area contributed by atoms with Crippen molar-refractivity contribution in [2.24, 2.45) is 5.92 Å². The van der Waals surface area contributed by atoms with E-state index in [9.17, 15) is 9.59 Å². The summed E-state index contributed by atoms with van der Waals surface area (Å²) in [4.78, 5) is 23.2. The fourth-order valence-corrected chi connectivity index (χ4v) is 3.16. The van der Waals surface area contributed by atoms with Gasteiger partial charge < -0.3 is 15.2 Å². The molecule has 0 radical (unpaired) electrons. The van der Waals surface area contributed by atoms with Crippen LogP contribution in [0, 0.1) is 5.92 Å². The van der Waals surface area contributed by atoms with Crippen LogP contribution in [0.1, 0.15) is 24.0 Å². The van der Waals surface area contributed by atoms with Gasteiger partial charge in [0.1, 0.15) is 5.75 Å². The van der Waals surface area contributed by atoms with Crippen LogP contribution in [0.2, 0.25) is 0 Å². The summed E-state index contributed by atoms with van der Waals surface area (Å²) in [6.45, 7) is -0.404. The van der Waals surface area contributed by atoms with E-state index in [0.717, 1.165) is 25.7 Å². The molecule has 0 fully saturated rings. The first-order valence-electron chi connectivity index (χ1n) is 8.44. The fourth-order valence-electron chi connectivity index (χ4n) is 3.16. The highest BCUT2D eigenvalue weighted by atomic mass is 16.5. The van der Waals surface area contributed by atoms with Crippen molar-refractivity contribution in [1.82, 2.24) is 0 Å². The number of amides is 1. The maximum absolute atomic E-state index is 12.6. The lowest BCUT2D eigenvalue weighted by atomic mass is 9.98. The van der Waals surface area contributed by atoms with Crippen LogP contribution >= 0.6 is 0 Å². The zero-order valence-electron chi connectivity index (χ0n) is 13.9. The second kappa shape index (κ2) is 7.83. The summed E-state index contributed by atoms with van der Waals surface area (Å²) in [5.74, 6) is -0.639. The van der Waals surface area contributed by atoms with Crippen LogP contribution in [-0.4, -0.2) is 23.6 Å². The molecule has 0 spiro atoms. The SMILES string of the molecule is O=C(O)COc1cccc(NC(=O)C2CCc3ccccc3CC2)c1. The second-order valence-corrected chi connectivity index (χ2v) is 6.24. The Balaban J connectivity index is 1.61. The van der Waals surface area contributed by atoms with E-state index in [-0.39, 0.29) is 11.8 Å². The molecule has 0 aliphatic heterocycles. The smallest absolute Gasteiger partial charge is 0.341 e. The van der Waals surface area contributed by atoms with Crippen LogP contribution < -0.4 is 10.1 Å². The molecule has 0 bridgehead atoms. The predicted molar refractivity (Wildman–Crippen MR) is 94.8 cm³/mol. The number of nitrogens with one attached hydrogen (secondary N) is 1. The van der Waals surface area contributed by atoms with Gasteiger partial charge in [-0.25, -0.2) is 4.79 Å². The van der Waals surface area contributed by atoms with Crippen molar-refractivity contribution in [2.75, 3.05) is 11.9 Å². The molecule has 0 unspecified atom stereocenters.